The molecule has 3 rings (SSSR count). The van der Waals surface area contributed by atoms with E-state index in [1.165, 1.54) is 13.1 Å². The monoisotopic (exact) mass is 286 g/mol. The summed E-state index contributed by atoms with van der Waals surface area (Å²) in [6, 6.07) is 3.51. The summed E-state index contributed by atoms with van der Waals surface area (Å²) in [5.41, 5.74) is 0. The van der Waals surface area contributed by atoms with Crippen LogP contribution in [0, 0.1) is 0 Å². The molecule has 0 aliphatic carbocycles. The molecule has 6 nitrogen and oxygen atoms in total. The molecule has 3 heterocycles. The fraction of sp³-hybridized carbons (Fsp3) is 0.667. The van der Waals surface area contributed by atoms with Crippen LogP contribution >= 0.6 is 0 Å². The summed E-state index contributed by atoms with van der Waals surface area (Å²) in [6.07, 6.45) is 4.01. The van der Waals surface area contributed by atoms with Crippen molar-refractivity contribution in [3.63, 3.8) is 0 Å². The zero-order valence-electron chi connectivity index (χ0n) is 10.8. The van der Waals surface area contributed by atoms with E-state index in [0.717, 1.165) is 19.3 Å². The first-order chi connectivity index (χ1) is 9.08. The second-order valence-corrected chi connectivity index (χ2v) is 6.84. The molecule has 0 aromatic carbocycles. The maximum absolute atomic E-state index is 11.5. The van der Waals surface area contributed by atoms with Crippen molar-refractivity contribution in [2.75, 3.05) is 7.05 Å². The summed E-state index contributed by atoms with van der Waals surface area (Å²) in [6.45, 7) is 0.524. The van der Waals surface area contributed by atoms with Crippen molar-refractivity contribution in [1.82, 2.24) is 10.0 Å². The molecule has 7 heteroatoms. The molecule has 1 aromatic heterocycles. The topological polar surface area (TPSA) is 80.6 Å². The standard InChI is InChI=1S/C12H18N2O4S/c1-13-19(15,16)12-5-3-9(18-12)7-14-10-6-8-2-4-11(10)17-8/h3,5,8,10-11,13-14H,2,4,6-7H2,1H3. The molecular formula is C12H18N2O4S. The minimum absolute atomic E-state index is 0.0454. The van der Waals surface area contributed by atoms with Crippen molar-refractivity contribution in [2.24, 2.45) is 0 Å². The highest BCUT2D eigenvalue weighted by Crippen LogP contribution is 2.34. The Hall–Kier alpha value is -0.890. The fourth-order valence-corrected chi connectivity index (χ4v) is 3.45. The third kappa shape index (κ3) is 2.55. The Kier molecular flexibility index (Phi) is 3.38. The molecular weight excluding hydrogens is 268 g/mol. The van der Waals surface area contributed by atoms with Gasteiger partial charge in [-0.05, 0) is 38.4 Å². The van der Waals surface area contributed by atoms with Gasteiger partial charge in [-0.1, -0.05) is 0 Å². The highest BCUT2D eigenvalue weighted by molar-refractivity contribution is 7.89. The summed E-state index contributed by atoms with van der Waals surface area (Å²) in [5, 5.41) is 3.33. The normalized spacial score (nSPS) is 30.1. The maximum Gasteiger partial charge on any atom is 0.273 e. The van der Waals surface area contributed by atoms with Crippen LogP contribution in [0.5, 0.6) is 0 Å². The number of hydrogen-bond donors (Lipinski definition) is 2. The van der Waals surface area contributed by atoms with Gasteiger partial charge in [0.05, 0.1) is 18.8 Å². The van der Waals surface area contributed by atoms with Crippen LogP contribution in [0.25, 0.3) is 0 Å². The van der Waals surface area contributed by atoms with Gasteiger partial charge < -0.3 is 14.5 Å². The van der Waals surface area contributed by atoms with Crippen molar-refractivity contribution in [2.45, 2.75) is 49.1 Å². The molecule has 3 atom stereocenters. The SMILES string of the molecule is CNS(=O)(=O)c1ccc(CNC2CC3CCC2O3)o1. The molecule has 106 valence electrons. The van der Waals surface area contributed by atoms with Crippen LogP contribution in [0.15, 0.2) is 21.6 Å². The summed E-state index contributed by atoms with van der Waals surface area (Å²) in [4.78, 5) is 0. The van der Waals surface area contributed by atoms with Crippen LogP contribution < -0.4 is 10.0 Å². The van der Waals surface area contributed by atoms with E-state index in [1.807, 2.05) is 0 Å². The van der Waals surface area contributed by atoms with Crippen molar-refractivity contribution in [3.8, 4) is 0 Å². The van der Waals surface area contributed by atoms with Crippen molar-refractivity contribution in [1.29, 1.82) is 0 Å². The molecule has 2 saturated heterocycles. The van der Waals surface area contributed by atoms with Gasteiger partial charge in [-0.3, -0.25) is 0 Å². The van der Waals surface area contributed by atoms with Gasteiger partial charge in [-0.15, -0.1) is 0 Å². The second-order valence-electron chi connectivity index (χ2n) is 5.03. The molecule has 2 fully saturated rings. The molecule has 19 heavy (non-hydrogen) atoms. The quantitative estimate of drug-likeness (QED) is 0.828. The highest BCUT2D eigenvalue weighted by atomic mass is 32.2. The smallest absolute Gasteiger partial charge is 0.273 e. The lowest BCUT2D eigenvalue weighted by molar-refractivity contribution is 0.0970. The minimum atomic E-state index is -3.49. The predicted octanol–water partition coefficient (Wildman–Crippen LogP) is 0.597. The molecule has 3 unspecified atom stereocenters. The van der Waals surface area contributed by atoms with Gasteiger partial charge in [-0.2, -0.15) is 0 Å². The molecule has 0 spiro atoms. The fourth-order valence-electron chi connectivity index (χ4n) is 2.78. The summed E-state index contributed by atoms with van der Waals surface area (Å²) >= 11 is 0. The maximum atomic E-state index is 11.5. The molecule has 2 aliphatic heterocycles. The third-order valence-corrected chi connectivity index (χ3v) is 5.10. The number of fused-ring (bicyclic) bond motifs is 2. The van der Waals surface area contributed by atoms with Gasteiger partial charge in [-0.25, -0.2) is 13.1 Å². The van der Waals surface area contributed by atoms with Gasteiger partial charge in [0.15, 0.2) is 0 Å². The van der Waals surface area contributed by atoms with Gasteiger partial charge in [0.2, 0.25) is 5.09 Å². The van der Waals surface area contributed by atoms with Gasteiger partial charge in [0.1, 0.15) is 5.76 Å². The van der Waals surface area contributed by atoms with E-state index >= 15 is 0 Å². The largest absolute Gasteiger partial charge is 0.447 e. The lowest BCUT2D eigenvalue weighted by Gasteiger charge is -2.19. The molecule has 1 aromatic rings. The Bertz CT molecular complexity index is 554. The summed E-state index contributed by atoms with van der Waals surface area (Å²) < 4.78 is 36.4. The van der Waals surface area contributed by atoms with E-state index in [9.17, 15) is 8.42 Å². The summed E-state index contributed by atoms with van der Waals surface area (Å²) in [7, 11) is -2.13. The van der Waals surface area contributed by atoms with E-state index in [4.69, 9.17) is 9.15 Å². The third-order valence-electron chi connectivity index (χ3n) is 3.82. The average molecular weight is 286 g/mol. The zero-order valence-corrected chi connectivity index (χ0v) is 11.6. The average Bonchev–Trinajstić information content (AvgIpc) is 3.12. The van der Waals surface area contributed by atoms with E-state index in [1.54, 1.807) is 6.07 Å². The first kappa shape index (κ1) is 13.1. The Morgan fingerprint density at radius 2 is 2.21 bits per heavy atom. The first-order valence-corrected chi connectivity index (χ1v) is 7.98. The molecule has 2 N–H and O–H groups in total. The van der Waals surface area contributed by atoms with Crippen molar-refractivity contribution < 1.29 is 17.6 Å². The predicted molar refractivity (Wildman–Crippen MR) is 68.1 cm³/mol. The number of ether oxygens (including phenoxy) is 1. The zero-order chi connectivity index (χ0) is 13.5. The lowest BCUT2D eigenvalue weighted by atomic mass is 9.95. The van der Waals surface area contributed by atoms with Crippen LogP contribution in [0.1, 0.15) is 25.0 Å². The molecule has 0 saturated carbocycles. The number of furan rings is 1. The Morgan fingerprint density at radius 3 is 2.84 bits per heavy atom. The van der Waals surface area contributed by atoms with Crippen LogP contribution in [-0.2, 0) is 21.3 Å². The Morgan fingerprint density at radius 1 is 1.37 bits per heavy atom. The van der Waals surface area contributed by atoms with Crippen LogP contribution in [-0.4, -0.2) is 33.7 Å². The number of rotatable bonds is 5. The minimum Gasteiger partial charge on any atom is -0.447 e. The van der Waals surface area contributed by atoms with Gasteiger partial charge in [0, 0.05) is 6.04 Å². The van der Waals surface area contributed by atoms with E-state index in [-0.39, 0.29) is 5.09 Å². The van der Waals surface area contributed by atoms with Crippen LogP contribution in [0.3, 0.4) is 0 Å². The Balaban J connectivity index is 1.59. The van der Waals surface area contributed by atoms with E-state index in [2.05, 4.69) is 10.0 Å². The van der Waals surface area contributed by atoms with Gasteiger partial charge in [0.25, 0.3) is 10.0 Å². The second kappa shape index (κ2) is 4.90. The van der Waals surface area contributed by atoms with Crippen LogP contribution in [0.4, 0.5) is 0 Å². The molecule has 0 radical (unpaired) electrons. The Labute approximate surface area is 112 Å². The number of hydrogen-bond acceptors (Lipinski definition) is 5. The molecule has 2 aliphatic rings. The molecule has 0 amide bonds. The number of sulfonamides is 1. The van der Waals surface area contributed by atoms with Crippen molar-refractivity contribution >= 4 is 10.0 Å². The highest BCUT2D eigenvalue weighted by Gasteiger charge is 2.40. The van der Waals surface area contributed by atoms with Crippen LogP contribution in [0.2, 0.25) is 0 Å². The molecule has 2 bridgehead atoms. The first-order valence-electron chi connectivity index (χ1n) is 6.49. The van der Waals surface area contributed by atoms with E-state index < -0.39 is 10.0 Å². The number of nitrogens with one attached hydrogen (secondary N) is 2. The van der Waals surface area contributed by atoms with Crippen molar-refractivity contribution in [3.05, 3.63) is 17.9 Å². The van der Waals surface area contributed by atoms with E-state index in [0.29, 0.717) is 30.6 Å². The van der Waals surface area contributed by atoms with Gasteiger partial charge >= 0.3 is 0 Å². The summed E-state index contributed by atoms with van der Waals surface area (Å²) in [5.74, 6) is 0.622. The lowest BCUT2D eigenvalue weighted by Crippen LogP contribution is -2.36.